The second-order valence-corrected chi connectivity index (χ2v) is 4.54. The van der Waals surface area contributed by atoms with Gasteiger partial charge in [-0.3, -0.25) is 4.79 Å². The first kappa shape index (κ1) is 10.2. The van der Waals surface area contributed by atoms with Crippen molar-refractivity contribution in [1.82, 2.24) is 0 Å². The Kier molecular flexibility index (Phi) is 2.46. The summed E-state index contributed by atoms with van der Waals surface area (Å²) in [7, 11) is 0. The monoisotopic (exact) mass is 184 g/mol. The molecule has 13 heavy (non-hydrogen) atoms. The molecule has 1 aliphatic rings. The van der Waals surface area contributed by atoms with Crippen molar-refractivity contribution in [2.45, 2.75) is 33.6 Å². The fourth-order valence-electron chi connectivity index (χ4n) is 2.17. The number of ketones is 1. The van der Waals surface area contributed by atoms with E-state index < -0.39 is 5.97 Å². The lowest BCUT2D eigenvalue weighted by Gasteiger charge is -1.99. The Morgan fingerprint density at radius 3 is 2.08 bits per heavy atom. The number of hydrogen-bond donors (Lipinski definition) is 1. The lowest BCUT2D eigenvalue weighted by atomic mass is 10.1. The predicted molar refractivity (Wildman–Crippen MR) is 48.3 cm³/mol. The Labute approximate surface area is 78.1 Å². The maximum atomic E-state index is 10.9. The number of aliphatic carboxylic acids is 1. The maximum Gasteiger partial charge on any atom is 0.303 e. The second kappa shape index (κ2) is 3.13. The van der Waals surface area contributed by atoms with Gasteiger partial charge >= 0.3 is 5.97 Å². The highest BCUT2D eigenvalue weighted by Gasteiger charge is 2.57. The van der Waals surface area contributed by atoms with E-state index in [4.69, 9.17) is 5.11 Å². The predicted octanol–water partition coefficient (Wildman–Crippen LogP) is 1.71. The maximum absolute atomic E-state index is 10.9. The first-order valence-corrected chi connectivity index (χ1v) is 4.57. The van der Waals surface area contributed by atoms with Gasteiger partial charge in [-0.15, -0.1) is 0 Å². The highest BCUT2D eigenvalue weighted by atomic mass is 16.4. The van der Waals surface area contributed by atoms with Crippen molar-refractivity contribution in [3.8, 4) is 0 Å². The van der Waals surface area contributed by atoms with Crippen LogP contribution in [-0.2, 0) is 9.59 Å². The summed E-state index contributed by atoms with van der Waals surface area (Å²) in [5.41, 5.74) is 0.0457. The average Bonchev–Trinajstić information content (AvgIpc) is 2.36. The van der Waals surface area contributed by atoms with Crippen molar-refractivity contribution < 1.29 is 14.7 Å². The van der Waals surface area contributed by atoms with E-state index in [0.717, 1.165) is 0 Å². The van der Waals surface area contributed by atoms with Gasteiger partial charge in [-0.25, -0.2) is 0 Å². The zero-order chi connectivity index (χ0) is 10.2. The number of Topliss-reactive ketones (excluding diaryl/α,β-unsaturated/α-hetero) is 1. The fraction of sp³-hybridized carbons (Fsp3) is 0.800. The molecule has 0 aliphatic heterocycles. The Hall–Kier alpha value is -0.860. The normalized spacial score (nSPS) is 29.8. The number of rotatable bonds is 4. The van der Waals surface area contributed by atoms with Gasteiger partial charge in [0.05, 0.1) is 0 Å². The van der Waals surface area contributed by atoms with Crippen molar-refractivity contribution in [3.63, 3.8) is 0 Å². The standard InChI is InChI=1S/C10H16O3/c1-6(11)4-7-8(5-9(12)13)10(7,2)3/h7-8H,4-5H2,1-3H3,(H,12,13)/t7-,8-/m1/s1. The van der Waals surface area contributed by atoms with Crippen LogP contribution in [0, 0.1) is 17.3 Å². The largest absolute Gasteiger partial charge is 0.481 e. The van der Waals surface area contributed by atoms with E-state index in [0.29, 0.717) is 6.42 Å². The van der Waals surface area contributed by atoms with Crippen molar-refractivity contribution in [1.29, 1.82) is 0 Å². The highest BCUT2D eigenvalue weighted by molar-refractivity contribution is 5.76. The van der Waals surface area contributed by atoms with Gasteiger partial charge in [0, 0.05) is 12.8 Å². The van der Waals surface area contributed by atoms with Crippen molar-refractivity contribution in [2.75, 3.05) is 0 Å². The zero-order valence-corrected chi connectivity index (χ0v) is 8.33. The molecule has 3 nitrogen and oxygen atoms in total. The van der Waals surface area contributed by atoms with Crippen LogP contribution >= 0.6 is 0 Å². The summed E-state index contributed by atoms with van der Waals surface area (Å²) in [5.74, 6) is -0.134. The van der Waals surface area contributed by atoms with Gasteiger partial charge in [-0.2, -0.15) is 0 Å². The van der Waals surface area contributed by atoms with Crippen LogP contribution in [0.15, 0.2) is 0 Å². The molecule has 0 radical (unpaired) electrons. The number of carbonyl (C=O) groups excluding carboxylic acids is 1. The first-order valence-electron chi connectivity index (χ1n) is 4.57. The van der Waals surface area contributed by atoms with Gasteiger partial charge in [-0.1, -0.05) is 13.8 Å². The average molecular weight is 184 g/mol. The van der Waals surface area contributed by atoms with Crippen LogP contribution in [-0.4, -0.2) is 16.9 Å². The Morgan fingerprint density at radius 2 is 1.69 bits per heavy atom. The van der Waals surface area contributed by atoms with Crippen LogP contribution in [0.2, 0.25) is 0 Å². The van der Waals surface area contributed by atoms with Crippen LogP contribution < -0.4 is 0 Å². The van der Waals surface area contributed by atoms with Gasteiger partial charge < -0.3 is 9.90 Å². The molecule has 1 rings (SSSR count). The number of carboxylic acid groups (broad SMARTS) is 1. The molecule has 1 aliphatic carbocycles. The van der Waals surface area contributed by atoms with Crippen LogP contribution in [0.5, 0.6) is 0 Å². The smallest absolute Gasteiger partial charge is 0.303 e. The third kappa shape index (κ3) is 2.08. The molecule has 0 aromatic rings. The van der Waals surface area contributed by atoms with E-state index in [-0.39, 0.29) is 29.5 Å². The Balaban J connectivity index is 2.50. The number of carbonyl (C=O) groups is 2. The molecule has 1 N–H and O–H groups in total. The van der Waals surface area contributed by atoms with E-state index in [1.165, 1.54) is 0 Å². The van der Waals surface area contributed by atoms with Gasteiger partial charge in [-0.05, 0) is 24.2 Å². The van der Waals surface area contributed by atoms with Gasteiger partial charge in [0.25, 0.3) is 0 Å². The van der Waals surface area contributed by atoms with E-state index >= 15 is 0 Å². The van der Waals surface area contributed by atoms with Gasteiger partial charge in [0.2, 0.25) is 0 Å². The number of hydrogen-bond acceptors (Lipinski definition) is 2. The quantitative estimate of drug-likeness (QED) is 0.723. The summed E-state index contributed by atoms with van der Waals surface area (Å²) in [4.78, 5) is 21.3. The first-order chi connectivity index (χ1) is 5.85. The van der Waals surface area contributed by atoms with Crippen LogP contribution in [0.3, 0.4) is 0 Å². The van der Waals surface area contributed by atoms with Gasteiger partial charge in [0.15, 0.2) is 0 Å². The van der Waals surface area contributed by atoms with Crippen molar-refractivity contribution in [2.24, 2.45) is 17.3 Å². The lowest BCUT2D eigenvalue weighted by molar-refractivity contribution is -0.137. The summed E-state index contributed by atoms with van der Waals surface area (Å²) >= 11 is 0. The third-order valence-corrected chi connectivity index (χ3v) is 3.19. The molecule has 0 heterocycles. The molecule has 74 valence electrons. The van der Waals surface area contributed by atoms with E-state index in [2.05, 4.69) is 0 Å². The van der Waals surface area contributed by atoms with Crippen LogP contribution in [0.4, 0.5) is 0 Å². The Bertz CT molecular complexity index is 219. The molecule has 0 aromatic carbocycles. The van der Waals surface area contributed by atoms with Crippen molar-refractivity contribution in [3.05, 3.63) is 0 Å². The summed E-state index contributed by atoms with van der Waals surface area (Å²) in [5, 5.41) is 8.62. The topological polar surface area (TPSA) is 54.4 Å². The van der Waals surface area contributed by atoms with Crippen molar-refractivity contribution >= 4 is 11.8 Å². The molecular weight excluding hydrogens is 168 g/mol. The fourth-order valence-corrected chi connectivity index (χ4v) is 2.17. The summed E-state index contributed by atoms with van der Waals surface area (Å²) in [6, 6.07) is 0. The number of carboxylic acids is 1. The molecule has 0 aromatic heterocycles. The highest BCUT2D eigenvalue weighted by Crippen LogP contribution is 2.61. The summed E-state index contributed by atoms with van der Waals surface area (Å²) < 4.78 is 0. The minimum atomic E-state index is -0.760. The molecule has 0 unspecified atom stereocenters. The molecule has 1 saturated carbocycles. The minimum Gasteiger partial charge on any atom is -0.481 e. The molecule has 3 heteroatoms. The van der Waals surface area contributed by atoms with E-state index in [1.54, 1.807) is 6.92 Å². The van der Waals surface area contributed by atoms with Gasteiger partial charge in [0.1, 0.15) is 5.78 Å². The molecule has 0 amide bonds. The zero-order valence-electron chi connectivity index (χ0n) is 8.33. The minimum absolute atomic E-state index is 0.0457. The van der Waals surface area contributed by atoms with E-state index in [1.807, 2.05) is 13.8 Å². The molecule has 0 saturated heterocycles. The molecular formula is C10H16O3. The Morgan fingerprint density at radius 1 is 1.23 bits per heavy atom. The molecule has 1 fully saturated rings. The summed E-state index contributed by atoms with van der Waals surface area (Å²) in [6.45, 7) is 5.63. The third-order valence-electron chi connectivity index (χ3n) is 3.19. The molecule has 0 spiro atoms. The molecule has 0 bridgehead atoms. The second-order valence-electron chi connectivity index (χ2n) is 4.54. The molecule has 2 atom stereocenters. The van der Waals surface area contributed by atoms with E-state index in [9.17, 15) is 9.59 Å². The summed E-state index contributed by atoms with van der Waals surface area (Å²) in [6.07, 6.45) is 0.732. The SMILES string of the molecule is CC(=O)C[C@@H]1[C@@H](CC(=O)O)C1(C)C. The van der Waals surface area contributed by atoms with Crippen LogP contribution in [0.1, 0.15) is 33.6 Å². The lowest BCUT2D eigenvalue weighted by Crippen LogP contribution is -1.99. The van der Waals surface area contributed by atoms with Crippen LogP contribution in [0.25, 0.3) is 0 Å².